The summed E-state index contributed by atoms with van der Waals surface area (Å²) in [5.41, 5.74) is 4.33. The van der Waals surface area contributed by atoms with Crippen LogP contribution in [0.15, 0.2) is 79.0 Å². The lowest BCUT2D eigenvalue weighted by Gasteiger charge is -2.08. The van der Waals surface area contributed by atoms with Crippen molar-refractivity contribution in [3.8, 4) is 5.75 Å². The molecule has 2 nitrogen and oxygen atoms in total. The normalized spacial score (nSPS) is 11.2. The van der Waals surface area contributed by atoms with Crippen LogP contribution in [0.4, 0.5) is 0 Å². The summed E-state index contributed by atoms with van der Waals surface area (Å²) in [5, 5.41) is 0. The van der Waals surface area contributed by atoms with Gasteiger partial charge in [0.15, 0.2) is 0 Å². The molecule has 22 heavy (non-hydrogen) atoms. The number of ether oxygens (including phenoxy) is 1. The first kappa shape index (κ1) is 14.1. The second-order valence-corrected chi connectivity index (χ2v) is 4.91. The summed E-state index contributed by atoms with van der Waals surface area (Å²) in [5.74, 6) is 0.858. The molecule has 0 fully saturated rings. The van der Waals surface area contributed by atoms with Gasteiger partial charge in [0.2, 0.25) is 0 Å². The first-order chi connectivity index (χ1) is 10.9. The van der Waals surface area contributed by atoms with E-state index in [2.05, 4.69) is 23.2 Å². The van der Waals surface area contributed by atoms with Crippen molar-refractivity contribution >= 4 is 11.6 Å². The number of nitrogens with zero attached hydrogens (tertiary/aromatic N) is 1. The molecule has 0 aliphatic carbocycles. The fourth-order valence-corrected chi connectivity index (χ4v) is 2.31. The maximum atomic E-state index is 5.21. The highest BCUT2D eigenvalue weighted by Gasteiger charge is 2.06. The Morgan fingerprint density at radius 1 is 0.864 bits per heavy atom. The molecule has 0 saturated heterocycles. The third kappa shape index (κ3) is 3.23. The Morgan fingerprint density at radius 2 is 1.59 bits per heavy atom. The van der Waals surface area contributed by atoms with Gasteiger partial charge >= 0.3 is 0 Å². The number of hydrogen-bond acceptors (Lipinski definition) is 2. The highest BCUT2D eigenvalue weighted by atomic mass is 16.5. The number of methoxy groups -OCH3 is 1. The van der Waals surface area contributed by atoms with Crippen molar-refractivity contribution in [2.75, 3.05) is 7.11 Å². The van der Waals surface area contributed by atoms with Gasteiger partial charge in [-0.05, 0) is 41.5 Å². The van der Waals surface area contributed by atoms with Crippen molar-refractivity contribution in [2.24, 2.45) is 0 Å². The number of rotatable bonds is 4. The van der Waals surface area contributed by atoms with Gasteiger partial charge in [0.1, 0.15) is 5.75 Å². The molecule has 0 aliphatic rings. The molecular formula is C20H17NO. The number of pyridine rings is 1. The van der Waals surface area contributed by atoms with Crippen LogP contribution in [0.5, 0.6) is 5.75 Å². The summed E-state index contributed by atoms with van der Waals surface area (Å²) < 4.78 is 5.21. The van der Waals surface area contributed by atoms with Crippen LogP contribution >= 0.6 is 0 Å². The first-order valence-electron chi connectivity index (χ1n) is 7.19. The van der Waals surface area contributed by atoms with Gasteiger partial charge in [0.05, 0.1) is 12.8 Å². The van der Waals surface area contributed by atoms with Crippen molar-refractivity contribution < 1.29 is 4.74 Å². The molecule has 3 aromatic rings. The van der Waals surface area contributed by atoms with Crippen molar-refractivity contribution in [2.45, 2.75) is 0 Å². The van der Waals surface area contributed by atoms with Crippen LogP contribution in [0, 0.1) is 0 Å². The molecule has 3 rings (SSSR count). The SMILES string of the molecule is COc1ccc(/C=C(/c2ccccc2)c2ccccn2)cc1. The van der Waals surface area contributed by atoms with Crippen LogP contribution in [-0.2, 0) is 0 Å². The predicted octanol–water partition coefficient (Wildman–Crippen LogP) is 4.68. The summed E-state index contributed by atoms with van der Waals surface area (Å²) in [7, 11) is 1.67. The fraction of sp³-hybridized carbons (Fsp3) is 0.0500. The Hall–Kier alpha value is -2.87. The van der Waals surface area contributed by atoms with Gasteiger partial charge in [-0.15, -0.1) is 0 Å². The molecule has 0 spiro atoms. The van der Waals surface area contributed by atoms with Crippen LogP contribution in [0.2, 0.25) is 0 Å². The topological polar surface area (TPSA) is 22.1 Å². The minimum Gasteiger partial charge on any atom is -0.497 e. The molecule has 0 amide bonds. The van der Waals surface area contributed by atoms with E-state index in [1.807, 2.05) is 66.9 Å². The molecule has 0 saturated carbocycles. The zero-order valence-electron chi connectivity index (χ0n) is 12.4. The second-order valence-electron chi connectivity index (χ2n) is 4.91. The Labute approximate surface area is 130 Å². The van der Waals surface area contributed by atoms with E-state index >= 15 is 0 Å². The van der Waals surface area contributed by atoms with E-state index < -0.39 is 0 Å². The van der Waals surface area contributed by atoms with Crippen molar-refractivity contribution in [1.82, 2.24) is 4.98 Å². The van der Waals surface area contributed by atoms with Crippen LogP contribution in [0.1, 0.15) is 16.8 Å². The van der Waals surface area contributed by atoms with Crippen LogP contribution in [0.25, 0.3) is 11.6 Å². The van der Waals surface area contributed by atoms with E-state index in [1.165, 1.54) is 0 Å². The van der Waals surface area contributed by atoms with Crippen molar-refractivity contribution in [1.29, 1.82) is 0 Å². The lowest BCUT2D eigenvalue weighted by Crippen LogP contribution is -1.91. The van der Waals surface area contributed by atoms with Crippen LogP contribution < -0.4 is 4.74 Å². The average Bonchev–Trinajstić information content (AvgIpc) is 2.62. The molecule has 2 aromatic carbocycles. The van der Waals surface area contributed by atoms with Gasteiger partial charge in [-0.25, -0.2) is 0 Å². The molecule has 1 aromatic heterocycles. The van der Waals surface area contributed by atoms with Gasteiger partial charge in [0, 0.05) is 11.8 Å². The maximum absolute atomic E-state index is 5.21. The lowest BCUT2D eigenvalue weighted by atomic mass is 9.99. The molecule has 1 heterocycles. The van der Waals surface area contributed by atoms with Crippen LogP contribution in [0.3, 0.4) is 0 Å². The summed E-state index contributed by atoms with van der Waals surface area (Å²) in [6.07, 6.45) is 3.97. The standard InChI is InChI=1S/C20H17NO/c1-22-18-12-10-16(11-13-18)15-19(17-7-3-2-4-8-17)20-9-5-6-14-21-20/h2-15H,1H3/b19-15-. The van der Waals surface area contributed by atoms with Gasteiger partial charge in [-0.3, -0.25) is 4.98 Å². The van der Waals surface area contributed by atoms with E-state index in [0.717, 1.165) is 28.1 Å². The molecule has 0 bridgehead atoms. The molecule has 0 unspecified atom stereocenters. The number of benzene rings is 2. The Balaban J connectivity index is 2.06. The molecule has 0 N–H and O–H groups in total. The maximum Gasteiger partial charge on any atom is 0.118 e. The van der Waals surface area contributed by atoms with Crippen molar-refractivity contribution in [3.05, 3.63) is 95.8 Å². The lowest BCUT2D eigenvalue weighted by molar-refractivity contribution is 0.415. The summed E-state index contributed by atoms with van der Waals surface area (Å²) >= 11 is 0. The van der Waals surface area contributed by atoms with E-state index in [1.54, 1.807) is 7.11 Å². The summed E-state index contributed by atoms with van der Waals surface area (Å²) in [4.78, 5) is 4.49. The number of aromatic nitrogens is 1. The molecule has 0 radical (unpaired) electrons. The third-order valence-electron chi connectivity index (χ3n) is 3.45. The Bertz CT molecular complexity index is 705. The van der Waals surface area contributed by atoms with Crippen LogP contribution in [-0.4, -0.2) is 12.1 Å². The zero-order valence-corrected chi connectivity index (χ0v) is 12.4. The second kappa shape index (κ2) is 6.72. The van der Waals surface area contributed by atoms with E-state index in [0.29, 0.717) is 0 Å². The predicted molar refractivity (Wildman–Crippen MR) is 90.6 cm³/mol. The van der Waals surface area contributed by atoms with E-state index in [-0.39, 0.29) is 0 Å². The van der Waals surface area contributed by atoms with Crippen molar-refractivity contribution in [3.63, 3.8) is 0 Å². The van der Waals surface area contributed by atoms with E-state index in [9.17, 15) is 0 Å². The quantitative estimate of drug-likeness (QED) is 0.650. The van der Waals surface area contributed by atoms with Gasteiger partial charge in [0.25, 0.3) is 0 Å². The smallest absolute Gasteiger partial charge is 0.118 e. The van der Waals surface area contributed by atoms with Gasteiger partial charge in [-0.1, -0.05) is 48.5 Å². The molecule has 0 aliphatic heterocycles. The zero-order chi connectivity index (χ0) is 15.2. The highest BCUT2D eigenvalue weighted by molar-refractivity contribution is 5.90. The summed E-state index contributed by atoms with van der Waals surface area (Å²) in [6, 6.07) is 24.3. The van der Waals surface area contributed by atoms with Gasteiger partial charge in [-0.2, -0.15) is 0 Å². The molecule has 0 atom stereocenters. The average molecular weight is 287 g/mol. The monoisotopic (exact) mass is 287 g/mol. The molecule has 2 heteroatoms. The largest absolute Gasteiger partial charge is 0.497 e. The highest BCUT2D eigenvalue weighted by Crippen LogP contribution is 2.25. The Kier molecular flexibility index (Phi) is 4.30. The number of hydrogen-bond donors (Lipinski definition) is 0. The summed E-state index contributed by atoms with van der Waals surface area (Å²) in [6.45, 7) is 0. The van der Waals surface area contributed by atoms with E-state index in [4.69, 9.17) is 4.74 Å². The minimum atomic E-state index is 0.858. The fourth-order valence-electron chi connectivity index (χ4n) is 2.31. The Morgan fingerprint density at radius 3 is 2.23 bits per heavy atom. The third-order valence-corrected chi connectivity index (χ3v) is 3.45. The van der Waals surface area contributed by atoms with Gasteiger partial charge < -0.3 is 4.74 Å². The molecular weight excluding hydrogens is 270 g/mol. The first-order valence-corrected chi connectivity index (χ1v) is 7.19. The molecule has 108 valence electrons. The minimum absolute atomic E-state index is 0.858.